The van der Waals surface area contributed by atoms with E-state index in [-0.39, 0.29) is 5.75 Å². The summed E-state index contributed by atoms with van der Waals surface area (Å²) in [6.45, 7) is -0.489. The molecule has 2 rings (SSSR count). The maximum atomic E-state index is 12.1. The molecule has 0 aromatic heterocycles. The maximum absolute atomic E-state index is 12.1. The summed E-state index contributed by atoms with van der Waals surface area (Å²) in [4.78, 5) is 0. The number of rotatable bonds is 8. The van der Waals surface area contributed by atoms with Crippen molar-refractivity contribution < 1.29 is 13.5 Å². The van der Waals surface area contributed by atoms with Gasteiger partial charge in [0, 0.05) is 0 Å². The maximum Gasteiger partial charge on any atom is 0.387 e. The Kier molecular flexibility index (Phi) is 7.14. The summed E-state index contributed by atoms with van der Waals surface area (Å²) in [6, 6.07) is 7.23. The fourth-order valence-electron chi connectivity index (χ4n) is 3.57. The van der Waals surface area contributed by atoms with E-state index in [0.717, 1.165) is 5.92 Å². The van der Waals surface area contributed by atoms with Crippen LogP contribution in [-0.4, -0.2) is 6.61 Å². The Morgan fingerprint density at radius 1 is 1.00 bits per heavy atom. The van der Waals surface area contributed by atoms with Crippen LogP contribution in [0.5, 0.6) is 5.75 Å². The van der Waals surface area contributed by atoms with Gasteiger partial charge in [0.25, 0.3) is 0 Å². The summed E-state index contributed by atoms with van der Waals surface area (Å²) >= 11 is 0. The minimum absolute atomic E-state index is 0.253. The van der Waals surface area contributed by atoms with Crippen LogP contribution >= 0.6 is 0 Å². The summed E-state index contributed by atoms with van der Waals surface area (Å²) in [5.74, 6) is 1.74. The molecular weight excluding hydrogens is 282 g/mol. The number of hydrogen-bond acceptors (Lipinski definition) is 1. The zero-order chi connectivity index (χ0) is 15.8. The van der Waals surface area contributed by atoms with E-state index in [9.17, 15) is 8.78 Å². The van der Waals surface area contributed by atoms with Crippen LogP contribution < -0.4 is 4.74 Å². The molecule has 0 N–H and O–H groups in total. The lowest BCUT2D eigenvalue weighted by atomic mass is 9.77. The Bertz CT molecular complexity index is 408. The fraction of sp³-hybridized carbons (Fsp3) is 0.684. The van der Waals surface area contributed by atoms with Crippen LogP contribution in [-0.2, 0) is 0 Å². The van der Waals surface area contributed by atoms with Gasteiger partial charge in [0.05, 0.1) is 0 Å². The summed E-state index contributed by atoms with van der Waals surface area (Å²) in [6.07, 6.45) is 11.9. The molecule has 1 aliphatic rings. The van der Waals surface area contributed by atoms with Crippen molar-refractivity contribution in [2.75, 3.05) is 0 Å². The standard InChI is InChI=1S/C19H28F2O/c1-2-3-4-5-6-15-7-9-16(10-8-15)17-11-13-18(14-12-17)22-19(20)21/h11-16,19H,2-10H2,1H3. The van der Waals surface area contributed by atoms with Crippen LogP contribution in [0.2, 0.25) is 0 Å². The molecule has 0 spiro atoms. The summed E-state index contributed by atoms with van der Waals surface area (Å²) < 4.78 is 28.7. The molecule has 124 valence electrons. The monoisotopic (exact) mass is 310 g/mol. The van der Waals surface area contributed by atoms with Crippen LogP contribution in [0.15, 0.2) is 24.3 Å². The lowest BCUT2D eigenvalue weighted by Crippen LogP contribution is -2.13. The van der Waals surface area contributed by atoms with Crippen molar-refractivity contribution in [2.45, 2.75) is 77.2 Å². The second kappa shape index (κ2) is 9.12. The Labute approximate surface area is 133 Å². The molecule has 0 bridgehead atoms. The second-order valence-electron chi connectivity index (χ2n) is 6.51. The molecule has 0 unspecified atom stereocenters. The molecule has 0 saturated heterocycles. The van der Waals surface area contributed by atoms with Crippen molar-refractivity contribution in [1.82, 2.24) is 0 Å². The van der Waals surface area contributed by atoms with Crippen molar-refractivity contribution >= 4 is 0 Å². The Morgan fingerprint density at radius 3 is 2.27 bits per heavy atom. The topological polar surface area (TPSA) is 9.23 Å². The third kappa shape index (κ3) is 5.58. The molecule has 3 heteroatoms. The molecule has 1 fully saturated rings. The van der Waals surface area contributed by atoms with E-state index >= 15 is 0 Å². The first-order chi connectivity index (χ1) is 10.7. The number of alkyl halides is 2. The van der Waals surface area contributed by atoms with E-state index in [4.69, 9.17) is 0 Å². The molecule has 1 nitrogen and oxygen atoms in total. The van der Waals surface area contributed by atoms with Gasteiger partial charge in [0.15, 0.2) is 0 Å². The number of ether oxygens (including phenoxy) is 1. The number of halogens is 2. The summed E-state index contributed by atoms with van der Waals surface area (Å²) in [5.41, 5.74) is 1.27. The van der Waals surface area contributed by atoms with E-state index in [1.165, 1.54) is 63.4 Å². The molecule has 0 heterocycles. The largest absolute Gasteiger partial charge is 0.435 e. The third-order valence-electron chi connectivity index (χ3n) is 4.89. The minimum atomic E-state index is -2.74. The fourth-order valence-corrected chi connectivity index (χ4v) is 3.57. The SMILES string of the molecule is CCCCCCC1CCC(c2ccc(OC(F)F)cc2)CC1. The Hall–Kier alpha value is -1.12. The smallest absolute Gasteiger partial charge is 0.387 e. The first-order valence-electron chi connectivity index (χ1n) is 8.73. The van der Waals surface area contributed by atoms with Crippen LogP contribution in [0.3, 0.4) is 0 Å². The van der Waals surface area contributed by atoms with E-state index in [0.29, 0.717) is 5.92 Å². The number of benzene rings is 1. The van der Waals surface area contributed by atoms with Gasteiger partial charge in [-0.1, -0.05) is 51.2 Å². The Balaban J connectivity index is 1.74. The van der Waals surface area contributed by atoms with E-state index in [1.807, 2.05) is 12.1 Å². The second-order valence-corrected chi connectivity index (χ2v) is 6.51. The van der Waals surface area contributed by atoms with Gasteiger partial charge in [-0.15, -0.1) is 0 Å². The van der Waals surface area contributed by atoms with E-state index in [2.05, 4.69) is 11.7 Å². The van der Waals surface area contributed by atoms with Gasteiger partial charge in [0.1, 0.15) is 5.75 Å². The van der Waals surface area contributed by atoms with Gasteiger partial charge in [-0.2, -0.15) is 8.78 Å². The molecule has 0 amide bonds. The first kappa shape index (κ1) is 17.2. The minimum Gasteiger partial charge on any atom is -0.435 e. The van der Waals surface area contributed by atoms with Crippen LogP contribution in [0.25, 0.3) is 0 Å². The highest BCUT2D eigenvalue weighted by molar-refractivity contribution is 5.29. The summed E-state index contributed by atoms with van der Waals surface area (Å²) in [5, 5.41) is 0. The zero-order valence-corrected chi connectivity index (χ0v) is 13.6. The molecule has 1 aliphatic carbocycles. The van der Waals surface area contributed by atoms with Crippen molar-refractivity contribution in [2.24, 2.45) is 5.92 Å². The molecule has 1 aromatic rings. The summed E-state index contributed by atoms with van der Waals surface area (Å²) in [7, 11) is 0. The number of hydrogen-bond donors (Lipinski definition) is 0. The van der Waals surface area contributed by atoms with Crippen LogP contribution in [0.1, 0.15) is 76.2 Å². The molecule has 0 radical (unpaired) electrons. The normalized spacial score (nSPS) is 22.0. The lowest BCUT2D eigenvalue weighted by Gasteiger charge is -2.29. The quantitative estimate of drug-likeness (QED) is 0.496. The van der Waals surface area contributed by atoms with Gasteiger partial charge in [-0.25, -0.2) is 0 Å². The van der Waals surface area contributed by atoms with Crippen LogP contribution in [0.4, 0.5) is 8.78 Å². The predicted octanol–water partition coefficient (Wildman–Crippen LogP) is 6.53. The highest BCUT2D eigenvalue weighted by Gasteiger charge is 2.22. The molecule has 1 saturated carbocycles. The van der Waals surface area contributed by atoms with Gasteiger partial charge in [-0.3, -0.25) is 0 Å². The molecular formula is C19H28F2O. The molecule has 1 aromatic carbocycles. The average molecular weight is 310 g/mol. The van der Waals surface area contributed by atoms with Gasteiger partial charge in [-0.05, 0) is 55.2 Å². The predicted molar refractivity (Wildman–Crippen MR) is 86.5 cm³/mol. The van der Waals surface area contributed by atoms with Gasteiger partial charge < -0.3 is 4.74 Å². The lowest BCUT2D eigenvalue weighted by molar-refractivity contribution is -0.0498. The Morgan fingerprint density at radius 2 is 1.68 bits per heavy atom. The average Bonchev–Trinajstić information content (AvgIpc) is 2.52. The molecule has 0 atom stereocenters. The van der Waals surface area contributed by atoms with Gasteiger partial charge >= 0.3 is 6.61 Å². The highest BCUT2D eigenvalue weighted by atomic mass is 19.3. The highest BCUT2D eigenvalue weighted by Crippen LogP contribution is 2.38. The van der Waals surface area contributed by atoms with Crippen molar-refractivity contribution in [3.63, 3.8) is 0 Å². The van der Waals surface area contributed by atoms with E-state index in [1.54, 1.807) is 12.1 Å². The zero-order valence-electron chi connectivity index (χ0n) is 13.6. The first-order valence-corrected chi connectivity index (χ1v) is 8.73. The third-order valence-corrected chi connectivity index (χ3v) is 4.89. The molecule has 0 aliphatic heterocycles. The number of unbranched alkanes of at least 4 members (excludes halogenated alkanes) is 3. The molecule has 22 heavy (non-hydrogen) atoms. The van der Waals surface area contributed by atoms with E-state index < -0.39 is 6.61 Å². The van der Waals surface area contributed by atoms with Crippen LogP contribution in [0, 0.1) is 5.92 Å². The van der Waals surface area contributed by atoms with Gasteiger partial charge in [0.2, 0.25) is 0 Å². The van der Waals surface area contributed by atoms with Crippen molar-refractivity contribution in [3.05, 3.63) is 29.8 Å². The van der Waals surface area contributed by atoms with Crippen molar-refractivity contribution in [3.8, 4) is 5.75 Å². The van der Waals surface area contributed by atoms with Crippen molar-refractivity contribution in [1.29, 1.82) is 0 Å².